The van der Waals surface area contributed by atoms with Crippen LogP contribution in [0.1, 0.15) is 11.1 Å². The molecule has 94 valence electrons. The fourth-order valence-electron chi connectivity index (χ4n) is 1.82. The lowest BCUT2D eigenvalue weighted by Gasteiger charge is -2.10. The molecule has 2 aromatic carbocycles. The molecule has 0 heterocycles. The molecule has 0 bridgehead atoms. The Morgan fingerprint density at radius 2 is 1.83 bits per heavy atom. The molecular formula is C15H17FN2. The van der Waals surface area contributed by atoms with Gasteiger partial charge in [-0.25, -0.2) is 4.39 Å². The summed E-state index contributed by atoms with van der Waals surface area (Å²) in [5.74, 6) is -0.196. The molecule has 0 aliphatic rings. The van der Waals surface area contributed by atoms with Crippen LogP contribution in [0.3, 0.4) is 0 Å². The molecule has 2 nitrogen and oxygen atoms in total. The molecule has 0 unspecified atom stereocenters. The molecule has 0 amide bonds. The predicted molar refractivity (Wildman–Crippen MR) is 74.2 cm³/mol. The summed E-state index contributed by atoms with van der Waals surface area (Å²) in [4.78, 5) is 0. The van der Waals surface area contributed by atoms with Crippen LogP contribution in [0.15, 0.2) is 42.5 Å². The van der Waals surface area contributed by atoms with Crippen LogP contribution in [0.2, 0.25) is 0 Å². The molecule has 0 aliphatic carbocycles. The highest BCUT2D eigenvalue weighted by Crippen LogP contribution is 2.18. The molecule has 2 aromatic rings. The maximum absolute atomic E-state index is 12.7. The molecule has 3 heteroatoms. The smallest absolute Gasteiger partial charge is 0.123 e. The highest BCUT2D eigenvalue weighted by Gasteiger charge is 1.99. The lowest BCUT2D eigenvalue weighted by atomic mass is 10.1. The fraction of sp³-hybridized carbons (Fsp3) is 0.200. The first-order chi connectivity index (χ1) is 8.65. The number of rotatable bonds is 4. The highest BCUT2D eigenvalue weighted by atomic mass is 19.1. The maximum atomic E-state index is 12.7. The number of aryl methyl sites for hydroxylation is 1. The SMILES string of the molecule is Cc1ccc(N)cc1NCCc1ccc(F)cc1. The summed E-state index contributed by atoms with van der Waals surface area (Å²) in [6.07, 6.45) is 0.856. The Morgan fingerprint density at radius 3 is 2.56 bits per heavy atom. The summed E-state index contributed by atoms with van der Waals surface area (Å²) in [5.41, 5.74) is 9.84. The van der Waals surface area contributed by atoms with Crippen LogP contribution in [0.5, 0.6) is 0 Å². The van der Waals surface area contributed by atoms with Crippen molar-refractivity contribution in [3.63, 3.8) is 0 Å². The van der Waals surface area contributed by atoms with Crippen LogP contribution in [0.4, 0.5) is 15.8 Å². The number of nitrogen functional groups attached to an aromatic ring is 1. The first-order valence-electron chi connectivity index (χ1n) is 5.99. The Kier molecular flexibility index (Phi) is 3.82. The minimum atomic E-state index is -0.196. The van der Waals surface area contributed by atoms with Crippen LogP contribution >= 0.6 is 0 Å². The van der Waals surface area contributed by atoms with Crippen molar-refractivity contribution >= 4 is 11.4 Å². The standard InChI is InChI=1S/C15H17FN2/c1-11-2-7-14(17)10-15(11)18-9-8-12-3-5-13(16)6-4-12/h2-7,10,18H,8-9,17H2,1H3. The molecule has 0 radical (unpaired) electrons. The van der Waals surface area contributed by atoms with E-state index in [1.54, 1.807) is 0 Å². The van der Waals surface area contributed by atoms with Crippen molar-refractivity contribution in [1.82, 2.24) is 0 Å². The van der Waals surface area contributed by atoms with Crippen molar-refractivity contribution in [3.8, 4) is 0 Å². The summed E-state index contributed by atoms with van der Waals surface area (Å²) in [7, 11) is 0. The van der Waals surface area contributed by atoms with E-state index in [4.69, 9.17) is 5.73 Å². The number of hydrogen-bond donors (Lipinski definition) is 2. The van der Waals surface area contributed by atoms with Gasteiger partial charge in [0.2, 0.25) is 0 Å². The molecule has 0 saturated heterocycles. The minimum Gasteiger partial charge on any atom is -0.399 e. The zero-order chi connectivity index (χ0) is 13.0. The number of nitrogens with two attached hydrogens (primary N) is 1. The zero-order valence-corrected chi connectivity index (χ0v) is 10.4. The van der Waals surface area contributed by atoms with Crippen LogP contribution in [0, 0.1) is 12.7 Å². The van der Waals surface area contributed by atoms with E-state index < -0.39 is 0 Å². The van der Waals surface area contributed by atoms with Gasteiger partial charge in [0.15, 0.2) is 0 Å². The lowest BCUT2D eigenvalue weighted by Crippen LogP contribution is -2.06. The van der Waals surface area contributed by atoms with Crippen LogP contribution < -0.4 is 11.1 Å². The summed E-state index contributed by atoms with van der Waals surface area (Å²) >= 11 is 0. The van der Waals surface area contributed by atoms with E-state index in [1.807, 2.05) is 37.3 Å². The number of benzene rings is 2. The van der Waals surface area contributed by atoms with Gasteiger partial charge in [-0.1, -0.05) is 18.2 Å². The lowest BCUT2D eigenvalue weighted by molar-refractivity contribution is 0.627. The number of hydrogen-bond acceptors (Lipinski definition) is 2. The van der Waals surface area contributed by atoms with Gasteiger partial charge in [-0.05, 0) is 48.7 Å². The molecule has 0 spiro atoms. The van der Waals surface area contributed by atoms with Crippen molar-refractivity contribution in [2.24, 2.45) is 0 Å². The third-order valence-electron chi connectivity index (χ3n) is 2.90. The van der Waals surface area contributed by atoms with Crippen LogP contribution in [-0.2, 0) is 6.42 Å². The van der Waals surface area contributed by atoms with Crippen LogP contribution in [0.25, 0.3) is 0 Å². The van der Waals surface area contributed by atoms with E-state index in [0.29, 0.717) is 0 Å². The summed E-state index contributed by atoms with van der Waals surface area (Å²) < 4.78 is 12.7. The molecule has 0 aromatic heterocycles. The minimum absolute atomic E-state index is 0.196. The molecule has 0 saturated carbocycles. The van der Waals surface area contributed by atoms with Gasteiger partial charge in [0, 0.05) is 17.9 Å². The topological polar surface area (TPSA) is 38.0 Å². The Hall–Kier alpha value is -2.03. The van der Waals surface area contributed by atoms with Gasteiger partial charge in [-0.2, -0.15) is 0 Å². The van der Waals surface area contributed by atoms with Gasteiger partial charge in [0.1, 0.15) is 5.82 Å². The third-order valence-corrected chi connectivity index (χ3v) is 2.90. The Balaban J connectivity index is 1.92. The van der Waals surface area contributed by atoms with E-state index in [9.17, 15) is 4.39 Å². The van der Waals surface area contributed by atoms with Gasteiger partial charge in [0.05, 0.1) is 0 Å². The molecule has 3 N–H and O–H groups in total. The van der Waals surface area contributed by atoms with Crippen molar-refractivity contribution in [2.45, 2.75) is 13.3 Å². The second kappa shape index (κ2) is 5.54. The summed E-state index contributed by atoms with van der Waals surface area (Å²) in [5, 5.41) is 3.34. The maximum Gasteiger partial charge on any atom is 0.123 e. The molecule has 18 heavy (non-hydrogen) atoms. The predicted octanol–water partition coefficient (Wildman–Crippen LogP) is 3.37. The highest BCUT2D eigenvalue weighted by molar-refractivity contribution is 5.59. The van der Waals surface area contributed by atoms with Crippen molar-refractivity contribution < 1.29 is 4.39 Å². The molecule has 0 aliphatic heterocycles. The third kappa shape index (κ3) is 3.23. The average molecular weight is 244 g/mol. The average Bonchev–Trinajstić information content (AvgIpc) is 2.36. The number of nitrogens with one attached hydrogen (secondary N) is 1. The Labute approximate surface area is 107 Å². The van der Waals surface area contributed by atoms with E-state index in [-0.39, 0.29) is 5.82 Å². The largest absolute Gasteiger partial charge is 0.399 e. The van der Waals surface area contributed by atoms with Gasteiger partial charge >= 0.3 is 0 Å². The van der Waals surface area contributed by atoms with Gasteiger partial charge in [-0.3, -0.25) is 0 Å². The van der Waals surface area contributed by atoms with E-state index in [1.165, 1.54) is 17.7 Å². The molecular weight excluding hydrogens is 227 g/mol. The monoisotopic (exact) mass is 244 g/mol. The normalized spacial score (nSPS) is 10.3. The second-order valence-electron chi connectivity index (χ2n) is 4.38. The zero-order valence-electron chi connectivity index (χ0n) is 10.4. The van der Waals surface area contributed by atoms with E-state index in [2.05, 4.69) is 5.32 Å². The van der Waals surface area contributed by atoms with E-state index in [0.717, 1.165) is 29.9 Å². The molecule has 0 fully saturated rings. The number of halogens is 1. The van der Waals surface area contributed by atoms with Crippen LogP contribution in [-0.4, -0.2) is 6.54 Å². The van der Waals surface area contributed by atoms with E-state index >= 15 is 0 Å². The Bertz CT molecular complexity index is 521. The van der Waals surface area contributed by atoms with Crippen molar-refractivity contribution in [1.29, 1.82) is 0 Å². The van der Waals surface area contributed by atoms with Crippen molar-refractivity contribution in [2.75, 3.05) is 17.6 Å². The Morgan fingerprint density at radius 1 is 1.11 bits per heavy atom. The molecule has 2 rings (SSSR count). The summed E-state index contributed by atoms with van der Waals surface area (Å²) in [6.45, 7) is 2.84. The molecule has 0 atom stereocenters. The van der Waals surface area contributed by atoms with Crippen molar-refractivity contribution in [3.05, 3.63) is 59.4 Å². The fourth-order valence-corrected chi connectivity index (χ4v) is 1.82. The van der Waals surface area contributed by atoms with Gasteiger partial charge in [-0.15, -0.1) is 0 Å². The quantitative estimate of drug-likeness (QED) is 0.809. The van der Waals surface area contributed by atoms with Gasteiger partial charge in [0.25, 0.3) is 0 Å². The first kappa shape index (κ1) is 12.4. The summed E-state index contributed by atoms with van der Waals surface area (Å²) in [6, 6.07) is 12.4. The van der Waals surface area contributed by atoms with Gasteiger partial charge < -0.3 is 11.1 Å². The number of anilines is 2. The first-order valence-corrected chi connectivity index (χ1v) is 5.99. The second-order valence-corrected chi connectivity index (χ2v) is 4.38.